The van der Waals surface area contributed by atoms with Crippen molar-refractivity contribution in [2.24, 2.45) is 0 Å². The molecular weight excluding hydrogens is 352 g/mol. The number of benzene rings is 2. The van der Waals surface area contributed by atoms with Gasteiger partial charge in [-0.1, -0.05) is 18.2 Å². The lowest BCUT2D eigenvalue weighted by Gasteiger charge is -2.14. The molecule has 8 nitrogen and oxygen atoms in total. The molecule has 8 heteroatoms. The zero-order chi connectivity index (χ0) is 19.2. The quantitative estimate of drug-likeness (QED) is 0.586. The van der Waals surface area contributed by atoms with Crippen molar-refractivity contribution in [3.63, 3.8) is 0 Å². The van der Waals surface area contributed by atoms with E-state index in [0.29, 0.717) is 17.4 Å². The molecule has 0 spiro atoms. The number of ether oxygens (including phenoxy) is 4. The van der Waals surface area contributed by atoms with Gasteiger partial charge in [0.05, 0.1) is 21.3 Å². The predicted octanol–water partition coefficient (Wildman–Crippen LogP) is 3.12. The van der Waals surface area contributed by atoms with E-state index in [9.17, 15) is 4.79 Å². The van der Waals surface area contributed by atoms with Gasteiger partial charge in [0.1, 0.15) is 5.56 Å². The summed E-state index contributed by atoms with van der Waals surface area (Å²) in [7, 11) is 4.38. The molecule has 0 amide bonds. The van der Waals surface area contributed by atoms with Crippen molar-refractivity contribution in [1.82, 2.24) is 10.2 Å². The van der Waals surface area contributed by atoms with Gasteiger partial charge in [0.2, 0.25) is 11.6 Å². The van der Waals surface area contributed by atoms with Crippen LogP contribution in [0.25, 0.3) is 11.5 Å². The first-order chi connectivity index (χ1) is 13.2. The van der Waals surface area contributed by atoms with Gasteiger partial charge in [-0.25, -0.2) is 4.79 Å². The number of hydrogen-bond donors (Lipinski definition) is 0. The minimum Gasteiger partial charge on any atom is -0.493 e. The second kappa shape index (κ2) is 8.22. The summed E-state index contributed by atoms with van der Waals surface area (Å²) in [5.74, 6) is 0.880. The van der Waals surface area contributed by atoms with E-state index in [1.54, 1.807) is 6.07 Å². The van der Waals surface area contributed by atoms with Crippen LogP contribution in [0, 0.1) is 0 Å². The lowest BCUT2D eigenvalue weighted by Crippen LogP contribution is -2.09. The molecule has 0 unspecified atom stereocenters. The van der Waals surface area contributed by atoms with Crippen LogP contribution in [0.4, 0.5) is 0 Å². The SMILES string of the molecule is COc1ccc(C(=O)OCc2nnc(-c3ccccc3)o2)c(OC)c1OC. The molecule has 0 N–H and O–H groups in total. The number of hydrogen-bond acceptors (Lipinski definition) is 8. The van der Waals surface area contributed by atoms with Crippen molar-refractivity contribution < 1.29 is 28.2 Å². The minimum absolute atomic E-state index is 0.170. The maximum atomic E-state index is 12.5. The normalized spacial score (nSPS) is 10.3. The molecule has 3 rings (SSSR count). The average molecular weight is 370 g/mol. The first-order valence-corrected chi connectivity index (χ1v) is 8.01. The maximum Gasteiger partial charge on any atom is 0.342 e. The molecule has 0 radical (unpaired) electrons. The van der Waals surface area contributed by atoms with E-state index in [4.69, 9.17) is 23.4 Å². The van der Waals surface area contributed by atoms with Crippen LogP contribution in [0.1, 0.15) is 16.2 Å². The van der Waals surface area contributed by atoms with Gasteiger partial charge in [0.15, 0.2) is 18.1 Å². The van der Waals surface area contributed by atoms with Crippen molar-refractivity contribution in [1.29, 1.82) is 0 Å². The lowest BCUT2D eigenvalue weighted by atomic mass is 10.1. The van der Waals surface area contributed by atoms with Crippen LogP contribution >= 0.6 is 0 Å². The van der Waals surface area contributed by atoms with E-state index in [-0.39, 0.29) is 23.8 Å². The number of carbonyl (C=O) groups excluding carboxylic acids is 1. The summed E-state index contributed by atoms with van der Waals surface area (Å²) in [6.07, 6.45) is 0. The van der Waals surface area contributed by atoms with Crippen molar-refractivity contribution in [3.05, 3.63) is 53.9 Å². The number of nitrogens with zero attached hydrogens (tertiary/aromatic N) is 2. The van der Waals surface area contributed by atoms with Crippen LogP contribution < -0.4 is 14.2 Å². The van der Waals surface area contributed by atoms with E-state index in [2.05, 4.69) is 10.2 Å². The molecule has 2 aromatic carbocycles. The predicted molar refractivity (Wildman–Crippen MR) is 95.0 cm³/mol. The fraction of sp³-hybridized carbons (Fsp3) is 0.211. The Morgan fingerprint density at radius 2 is 1.67 bits per heavy atom. The monoisotopic (exact) mass is 370 g/mol. The maximum absolute atomic E-state index is 12.5. The highest BCUT2D eigenvalue weighted by atomic mass is 16.6. The average Bonchev–Trinajstić information content (AvgIpc) is 3.20. The molecular formula is C19H18N2O6. The Hall–Kier alpha value is -3.55. The lowest BCUT2D eigenvalue weighted by molar-refractivity contribution is 0.0434. The Morgan fingerprint density at radius 1 is 0.926 bits per heavy atom. The molecule has 0 saturated heterocycles. The van der Waals surface area contributed by atoms with E-state index < -0.39 is 5.97 Å². The fourth-order valence-corrected chi connectivity index (χ4v) is 2.48. The van der Waals surface area contributed by atoms with Crippen molar-refractivity contribution in [3.8, 4) is 28.7 Å². The van der Waals surface area contributed by atoms with Crippen LogP contribution in [0.15, 0.2) is 46.9 Å². The summed E-state index contributed by atoms with van der Waals surface area (Å²) < 4.78 is 26.5. The second-order valence-corrected chi connectivity index (χ2v) is 5.32. The highest BCUT2D eigenvalue weighted by Crippen LogP contribution is 2.40. The molecule has 0 aliphatic heterocycles. The standard InChI is InChI=1S/C19H18N2O6/c1-23-14-10-9-13(16(24-2)17(14)25-3)19(22)26-11-15-20-21-18(27-15)12-7-5-4-6-8-12/h4-10H,11H2,1-3H3. The Morgan fingerprint density at radius 3 is 2.33 bits per heavy atom. The van der Waals surface area contributed by atoms with Gasteiger partial charge in [0, 0.05) is 5.56 Å². The zero-order valence-corrected chi connectivity index (χ0v) is 15.1. The third-order valence-corrected chi connectivity index (χ3v) is 3.74. The summed E-state index contributed by atoms with van der Waals surface area (Å²) in [4.78, 5) is 12.5. The topological polar surface area (TPSA) is 92.9 Å². The van der Waals surface area contributed by atoms with Gasteiger partial charge in [-0.2, -0.15) is 0 Å². The van der Waals surface area contributed by atoms with Gasteiger partial charge in [-0.05, 0) is 24.3 Å². The second-order valence-electron chi connectivity index (χ2n) is 5.32. The van der Waals surface area contributed by atoms with Crippen molar-refractivity contribution >= 4 is 5.97 Å². The van der Waals surface area contributed by atoms with Gasteiger partial charge in [-0.3, -0.25) is 0 Å². The molecule has 27 heavy (non-hydrogen) atoms. The molecule has 0 aliphatic rings. The number of aromatic nitrogens is 2. The van der Waals surface area contributed by atoms with Crippen LogP contribution in [0.5, 0.6) is 17.2 Å². The summed E-state index contributed by atoms with van der Waals surface area (Å²) in [5.41, 5.74) is 0.974. The molecule has 140 valence electrons. The third kappa shape index (κ3) is 3.84. The molecule has 0 saturated carbocycles. The Labute approximate surface area is 155 Å². The molecule has 1 heterocycles. The van der Waals surface area contributed by atoms with Gasteiger partial charge in [0.25, 0.3) is 5.89 Å². The van der Waals surface area contributed by atoms with Gasteiger partial charge >= 0.3 is 5.97 Å². The van der Waals surface area contributed by atoms with E-state index in [0.717, 1.165) is 5.56 Å². The molecule has 3 aromatic rings. The number of esters is 1. The first-order valence-electron chi connectivity index (χ1n) is 8.01. The van der Waals surface area contributed by atoms with Gasteiger partial charge < -0.3 is 23.4 Å². The molecule has 0 atom stereocenters. The zero-order valence-electron chi connectivity index (χ0n) is 15.1. The molecule has 0 bridgehead atoms. The number of rotatable bonds is 7. The van der Waals surface area contributed by atoms with Crippen LogP contribution in [0.2, 0.25) is 0 Å². The van der Waals surface area contributed by atoms with Crippen LogP contribution in [-0.4, -0.2) is 37.5 Å². The fourth-order valence-electron chi connectivity index (χ4n) is 2.48. The Bertz CT molecular complexity index is 923. The summed E-state index contributed by atoms with van der Waals surface area (Å²) in [6, 6.07) is 12.4. The van der Waals surface area contributed by atoms with Crippen LogP contribution in [-0.2, 0) is 11.3 Å². The van der Waals surface area contributed by atoms with Gasteiger partial charge in [-0.15, -0.1) is 10.2 Å². The van der Waals surface area contributed by atoms with Crippen molar-refractivity contribution in [2.45, 2.75) is 6.61 Å². The highest BCUT2D eigenvalue weighted by molar-refractivity contribution is 5.94. The minimum atomic E-state index is -0.618. The largest absolute Gasteiger partial charge is 0.493 e. The highest BCUT2D eigenvalue weighted by Gasteiger charge is 2.22. The third-order valence-electron chi connectivity index (χ3n) is 3.74. The molecule has 0 aliphatic carbocycles. The van der Waals surface area contributed by atoms with E-state index in [1.807, 2.05) is 30.3 Å². The first kappa shape index (κ1) is 18.2. The van der Waals surface area contributed by atoms with E-state index in [1.165, 1.54) is 27.4 Å². The summed E-state index contributed by atoms with van der Waals surface area (Å²) >= 11 is 0. The summed E-state index contributed by atoms with van der Waals surface area (Å²) in [5, 5.41) is 7.84. The van der Waals surface area contributed by atoms with E-state index >= 15 is 0 Å². The number of methoxy groups -OCH3 is 3. The van der Waals surface area contributed by atoms with Crippen molar-refractivity contribution in [2.75, 3.05) is 21.3 Å². The Kier molecular flexibility index (Phi) is 5.55. The van der Waals surface area contributed by atoms with Crippen LogP contribution in [0.3, 0.4) is 0 Å². The molecule has 1 aromatic heterocycles. The smallest absolute Gasteiger partial charge is 0.342 e. The summed E-state index contributed by atoms with van der Waals surface area (Å²) in [6.45, 7) is -0.170. The Balaban J connectivity index is 1.74. The number of carbonyl (C=O) groups is 1. The molecule has 0 fully saturated rings.